The van der Waals surface area contributed by atoms with Gasteiger partial charge in [0.05, 0.1) is 18.4 Å². The Hall–Kier alpha value is -2.06. The van der Waals surface area contributed by atoms with E-state index in [1.807, 2.05) is 0 Å². The SMILES string of the molecule is COC(=O)c1c(NC(=O)CSc2cccc[n+]2[O-])sc2c1CC[C@H](C)C2. The number of anilines is 1. The molecule has 26 heavy (non-hydrogen) atoms. The van der Waals surface area contributed by atoms with E-state index in [2.05, 4.69) is 12.2 Å². The predicted molar refractivity (Wildman–Crippen MR) is 102 cm³/mol. The number of fused-ring (bicyclic) bond motifs is 1. The third-order valence-electron chi connectivity index (χ3n) is 4.29. The quantitative estimate of drug-likeness (QED) is 0.366. The summed E-state index contributed by atoms with van der Waals surface area (Å²) in [6.45, 7) is 2.19. The first-order chi connectivity index (χ1) is 12.5. The van der Waals surface area contributed by atoms with E-state index in [4.69, 9.17) is 4.74 Å². The Labute approximate surface area is 160 Å². The minimum Gasteiger partial charge on any atom is -0.618 e. The third-order valence-corrected chi connectivity index (χ3v) is 6.48. The van der Waals surface area contributed by atoms with Crippen LogP contribution in [0.3, 0.4) is 0 Å². The van der Waals surface area contributed by atoms with Crippen LogP contribution in [0.25, 0.3) is 0 Å². The highest BCUT2D eigenvalue weighted by molar-refractivity contribution is 7.99. The molecule has 0 unspecified atom stereocenters. The number of thioether (sulfide) groups is 1. The molecule has 1 aliphatic rings. The van der Waals surface area contributed by atoms with Gasteiger partial charge in [-0.3, -0.25) is 4.79 Å². The highest BCUT2D eigenvalue weighted by atomic mass is 32.2. The average Bonchev–Trinajstić information content (AvgIpc) is 2.97. The van der Waals surface area contributed by atoms with E-state index in [-0.39, 0.29) is 11.7 Å². The molecule has 8 heteroatoms. The van der Waals surface area contributed by atoms with Gasteiger partial charge in [0.1, 0.15) is 5.00 Å². The van der Waals surface area contributed by atoms with E-state index < -0.39 is 5.97 Å². The summed E-state index contributed by atoms with van der Waals surface area (Å²) in [4.78, 5) is 25.7. The molecule has 2 aromatic heterocycles. The maximum absolute atomic E-state index is 12.3. The van der Waals surface area contributed by atoms with Crippen molar-refractivity contribution in [2.24, 2.45) is 5.92 Å². The molecular weight excluding hydrogens is 372 g/mol. The normalized spacial score (nSPS) is 16.0. The summed E-state index contributed by atoms with van der Waals surface area (Å²) in [5.74, 6) is -0.0151. The standard InChI is InChI=1S/C18H20N2O4S2/c1-11-6-7-12-13(9-11)26-17(16(12)18(22)24-2)19-14(21)10-25-15-5-3-4-8-20(15)23/h3-5,8,11H,6-7,9-10H2,1-2H3,(H,19,21)/t11-/m0/s1. The van der Waals surface area contributed by atoms with E-state index in [1.165, 1.54) is 24.6 Å². The maximum Gasteiger partial charge on any atom is 0.341 e. The molecule has 0 saturated heterocycles. The van der Waals surface area contributed by atoms with Crippen molar-refractivity contribution in [3.8, 4) is 0 Å². The van der Waals surface area contributed by atoms with Crippen LogP contribution < -0.4 is 10.0 Å². The Morgan fingerprint density at radius 3 is 3.00 bits per heavy atom. The second-order valence-corrected chi connectivity index (χ2v) is 8.35. The molecule has 1 aliphatic carbocycles. The number of hydrogen-bond acceptors (Lipinski definition) is 6. The third kappa shape index (κ3) is 4.02. The Balaban J connectivity index is 1.75. The highest BCUT2D eigenvalue weighted by Gasteiger charge is 2.28. The predicted octanol–water partition coefficient (Wildman–Crippen LogP) is 3.02. The highest BCUT2D eigenvalue weighted by Crippen LogP contribution is 2.40. The lowest BCUT2D eigenvalue weighted by Gasteiger charge is -2.18. The van der Waals surface area contributed by atoms with Gasteiger partial charge in [-0.15, -0.1) is 11.3 Å². The number of nitrogens with one attached hydrogen (secondary N) is 1. The van der Waals surface area contributed by atoms with Crippen LogP contribution in [0, 0.1) is 11.1 Å². The van der Waals surface area contributed by atoms with Gasteiger partial charge in [-0.1, -0.05) is 6.92 Å². The molecule has 0 saturated carbocycles. The van der Waals surface area contributed by atoms with Crippen LogP contribution in [0.4, 0.5) is 5.00 Å². The topological polar surface area (TPSA) is 82.3 Å². The van der Waals surface area contributed by atoms with Crippen molar-refractivity contribution in [3.05, 3.63) is 45.6 Å². The van der Waals surface area contributed by atoms with Crippen LogP contribution >= 0.6 is 23.1 Å². The molecule has 6 nitrogen and oxygen atoms in total. The Bertz CT molecular complexity index is 835. The van der Waals surface area contributed by atoms with Gasteiger partial charge >= 0.3 is 5.97 Å². The van der Waals surface area contributed by atoms with E-state index >= 15 is 0 Å². The zero-order valence-electron chi connectivity index (χ0n) is 14.6. The van der Waals surface area contributed by atoms with Gasteiger partial charge in [0, 0.05) is 17.0 Å². The van der Waals surface area contributed by atoms with Crippen molar-refractivity contribution in [2.75, 3.05) is 18.2 Å². The monoisotopic (exact) mass is 392 g/mol. The molecule has 1 N–H and O–H groups in total. The molecule has 0 radical (unpaired) electrons. The summed E-state index contributed by atoms with van der Waals surface area (Å²) in [7, 11) is 1.35. The first kappa shape index (κ1) is 18.7. The summed E-state index contributed by atoms with van der Waals surface area (Å²) < 4.78 is 5.65. The zero-order valence-corrected chi connectivity index (χ0v) is 16.2. The minimum atomic E-state index is -0.416. The fraction of sp³-hybridized carbons (Fsp3) is 0.389. The van der Waals surface area contributed by atoms with Crippen molar-refractivity contribution in [1.82, 2.24) is 0 Å². The summed E-state index contributed by atoms with van der Waals surface area (Å²) in [5, 5.41) is 15.5. The second-order valence-electron chi connectivity index (χ2n) is 6.25. The van der Waals surface area contributed by atoms with E-state index in [1.54, 1.807) is 18.2 Å². The number of pyridine rings is 1. The average molecular weight is 393 g/mol. The summed E-state index contributed by atoms with van der Waals surface area (Å²) in [6.07, 6.45) is 4.15. The first-order valence-corrected chi connectivity index (χ1v) is 10.1. The van der Waals surface area contributed by atoms with Crippen LogP contribution in [0.15, 0.2) is 29.4 Å². The number of nitrogens with zero attached hydrogens (tertiary/aromatic N) is 1. The van der Waals surface area contributed by atoms with Crippen molar-refractivity contribution < 1.29 is 19.1 Å². The van der Waals surface area contributed by atoms with Crippen LogP contribution in [-0.4, -0.2) is 24.7 Å². The molecule has 0 fully saturated rings. The lowest BCUT2D eigenvalue weighted by atomic mass is 9.88. The van der Waals surface area contributed by atoms with Crippen LogP contribution in [-0.2, 0) is 22.4 Å². The van der Waals surface area contributed by atoms with Crippen LogP contribution in [0.2, 0.25) is 0 Å². The number of hydrogen-bond donors (Lipinski definition) is 1. The number of amides is 1. The molecule has 1 atom stereocenters. The molecule has 0 aromatic carbocycles. The minimum absolute atomic E-state index is 0.0891. The second kappa shape index (κ2) is 8.09. The number of thiophene rings is 1. The molecule has 2 aromatic rings. The lowest BCUT2D eigenvalue weighted by Crippen LogP contribution is -2.28. The van der Waals surface area contributed by atoms with Gasteiger partial charge in [-0.05, 0) is 48.6 Å². The van der Waals surface area contributed by atoms with Crippen LogP contribution in [0.1, 0.15) is 34.1 Å². The summed E-state index contributed by atoms with van der Waals surface area (Å²) in [6, 6.07) is 5.05. The molecule has 1 amide bonds. The molecule has 3 rings (SSSR count). The van der Waals surface area contributed by atoms with Crippen molar-refractivity contribution >= 4 is 40.0 Å². The van der Waals surface area contributed by atoms with Crippen molar-refractivity contribution in [1.29, 1.82) is 0 Å². The van der Waals surface area contributed by atoms with Gasteiger partial charge in [0.25, 0.3) is 5.03 Å². The van der Waals surface area contributed by atoms with Gasteiger partial charge in [0.15, 0.2) is 6.20 Å². The molecule has 2 heterocycles. The molecule has 138 valence electrons. The Morgan fingerprint density at radius 2 is 2.27 bits per heavy atom. The molecule has 0 bridgehead atoms. The van der Waals surface area contributed by atoms with Gasteiger partial charge in [-0.25, -0.2) is 4.79 Å². The summed E-state index contributed by atoms with van der Waals surface area (Å²) in [5.41, 5.74) is 1.49. The number of esters is 1. The number of ether oxygens (including phenoxy) is 1. The smallest absolute Gasteiger partial charge is 0.341 e. The van der Waals surface area contributed by atoms with Gasteiger partial charge < -0.3 is 15.3 Å². The fourth-order valence-electron chi connectivity index (χ4n) is 2.98. The summed E-state index contributed by atoms with van der Waals surface area (Å²) >= 11 is 2.61. The van der Waals surface area contributed by atoms with Crippen molar-refractivity contribution in [3.63, 3.8) is 0 Å². The van der Waals surface area contributed by atoms with Gasteiger partial charge in [-0.2, -0.15) is 4.73 Å². The maximum atomic E-state index is 12.3. The van der Waals surface area contributed by atoms with E-state index in [9.17, 15) is 14.8 Å². The molecular formula is C18H20N2O4S2. The molecule has 0 aliphatic heterocycles. The lowest BCUT2D eigenvalue weighted by molar-refractivity contribution is -0.645. The number of rotatable bonds is 5. The number of aromatic nitrogens is 1. The van der Waals surface area contributed by atoms with Gasteiger partial charge in [0.2, 0.25) is 5.91 Å². The zero-order chi connectivity index (χ0) is 18.7. The Kier molecular flexibility index (Phi) is 5.83. The molecule has 0 spiro atoms. The van der Waals surface area contributed by atoms with Crippen molar-refractivity contribution in [2.45, 2.75) is 31.2 Å². The fourth-order valence-corrected chi connectivity index (χ4v) is 5.11. The number of carbonyl (C=O) groups excluding carboxylic acids is 2. The first-order valence-electron chi connectivity index (χ1n) is 8.33. The number of methoxy groups -OCH3 is 1. The number of carbonyl (C=O) groups is 2. The van der Waals surface area contributed by atoms with E-state index in [0.717, 1.165) is 46.2 Å². The van der Waals surface area contributed by atoms with Crippen LogP contribution in [0.5, 0.6) is 0 Å². The van der Waals surface area contributed by atoms with E-state index in [0.29, 0.717) is 21.5 Å². The Morgan fingerprint density at radius 1 is 1.46 bits per heavy atom. The largest absolute Gasteiger partial charge is 0.618 e.